The van der Waals surface area contributed by atoms with Crippen LogP contribution in [0, 0.1) is 16.0 Å². The summed E-state index contributed by atoms with van der Waals surface area (Å²) in [4.78, 5) is 26.2. The van der Waals surface area contributed by atoms with Crippen LogP contribution in [0.4, 0.5) is 5.82 Å². The minimum atomic E-state index is -0.966. The maximum Gasteiger partial charge on any atom is 0.382 e. The number of aliphatic hydroxyl groups excluding tert-OH is 1. The van der Waals surface area contributed by atoms with Crippen molar-refractivity contribution < 1.29 is 14.8 Å². The summed E-state index contributed by atoms with van der Waals surface area (Å²) in [6.45, 7) is -0.467. The van der Waals surface area contributed by atoms with Crippen LogP contribution in [-0.2, 0) is 11.2 Å². The lowest BCUT2D eigenvalue weighted by atomic mass is 9.96. The van der Waals surface area contributed by atoms with E-state index < -0.39 is 23.6 Å². The number of hydrogen-bond acceptors (Lipinski definition) is 6. The molecule has 2 unspecified atom stereocenters. The Bertz CT molecular complexity index is 704. The lowest BCUT2D eigenvalue weighted by Crippen LogP contribution is -2.36. The van der Waals surface area contributed by atoms with Crippen LogP contribution < -0.4 is 5.73 Å². The zero-order valence-electron chi connectivity index (χ0n) is 12.0. The second-order valence-electron chi connectivity index (χ2n) is 4.94. The molecular weight excluding hydrogens is 368 g/mol. The van der Waals surface area contributed by atoms with Crippen LogP contribution in [0.2, 0.25) is 0 Å². The van der Waals surface area contributed by atoms with Gasteiger partial charge < -0.3 is 21.0 Å². The minimum Gasteiger partial charge on any atom is -0.395 e. The molecule has 8 nitrogen and oxygen atoms in total. The number of nitro groups is 1. The molecule has 3 N–H and O–H groups in total. The van der Waals surface area contributed by atoms with Crippen molar-refractivity contribution in [2.24, 2.45) is 11.7 Å². The van der Waals surface area contributed by atoms with Crippen LogP contribution in [0.5, 0.6) is 0 Å². The monoisotopic (exact) mass is 382 g/mol. The molecule has 1 heterocycles. The fraction of sp³-hybridized carbons (Fsp3) is 0.286. The standard InChI is InChI=1S/C14H15BrN4O4/c15-14-17-12(19(22)23)7-18(14)13(16)10(8-20)11(21)6-9-4-2-1-3-5-9/h1-5,7,10,13,20H,6,8,16H2. The second-order valence-corrected chi connectivity index (χ2v) is 5.65. The molecule has 0 aliphatic carbocycles. The van der Waals surface area contributed by atoms with E-state index in [9.17, 15) is 20.0 Å². The van der Waals surface area contributed by atoms with Crippen LogP contribution in [0.1, 0.15) is 11.7 Å². The molecule has 2 atom stereocenters. The molecule has 2 aromatic rings. The van der Waals surface area contributed by atoms with Gasteiger partial charge >= 0.3 is 5.82 Å². The minimum absolute atomic E-state index is 0.119. The SMILES string of the molecule is NC(C(CO)C(=O)Cc1ccccc1)n1cc([N+](=O)[O-])nc1Br. The molecule has 122 valence electrons. The first-order chi connectivity index (χ1) is 10.9. The van der Waals surface area contributed by atoms with Crippen molar-refractivity contribution in [3.05, 3.63) is 56.9 Å². The first-order valence-corrected chi connectivity index (χ1v) is 7.55. The molecule has 0 saturated heterocycles. The third-order valence-corrected chi connectivity index (χ3v) is 4.01. The van der Waals surface area contributed by atoms with E-state index in [-0.39, 0.29) is 22.8 Å². The smallest absolute Gasteiger partial charge is 0.382 e. The van der Waals surface area contributed by atoms with Crippen molar-refractivity contribution in [1.82, 2.24) is 9.55 Å². The van der Waals surface area contributed by atoms with Crippen LogP contribution in [0.15, 0.2) is 41.3 Å². The van der Waals surface area contributed by atoms with Crippen molar-refractivity contribution >= 4 is 27.5 Å². The number of benzene rings is 1. The lowest BCUT2D eigenvalue weighted by molar-refractivity contribution is -0.389. The fourth-order valence-electron chi connectivity index (χ4n) is 2.18. The van der Waals surface area contributed by atoms with Gasteiger partial charge in [0.2, 0.25) is 0 Å². The lowest BCUT2D eigenvalue weighted by Gasteiger charge is -2.21. The Hall–Kier alpha value is -2.10. The number of rotatable bonds is 7. The molecule has 23 heavy (non-hydrogen) atoms. The zero-order chi connectivity index (χ0) is 17.0. The summed E-state index contributed by atoms with van der Waals surface area (Å²) in [5, 5.41) is 20.3. The number of carbonyl (C=O) groups is 1. The summed E-state index contributed by atoms with van der Waals surface area (Å²) in [7, 11) is 0. The molecule has 0 bridgehead atoms. The maximum absolute atomic E-state index is 12.4. The molecule has 0 aliphatic rings. The molecule has 0 saturated carbocycles. The van der Waals surface area contributed by atoms with Crippen LogP contribution in [0.25, 0.3) is 0 Å². The summed E-state index contributed by atoms with van der Waals surface area (Å²) in [5.74, 6) is -1.55. The van der Waals surface area contributed by atoms with Gasteiger partial charge in [-0.3, -0.25) is 9.36 Å². The number of nitrogens with two attached hydrogens (primary N) is 1. The largest absolute Gasteiger partial charge is 0.395 e. The summed E-state index contributed by atoms with van der Waals surface area (Å²) < 4.78 is 1.39. The number of imidazole rings is 1. The Morgan fingerprint density at radius 1 is 1.43 bits per heavy atom. The van der Waals surface area contributed by atoms with E-state index in [1.54, 1.807) is 12.1 Å². The van der Waals surface area contributed by atoms with E-state index in [1.807, 2.05) is 18.2 Å². The Labute approximate surface area is 140 Å². The van der Waals surface area contributed by atoms with Gasteiger partial charge in [-0.15, -0.1) is 0 Å². The van der Waals surface area contributed by atoms with Gasteiger partial charge in [-0.1, -0.05) is 30.3 Å². The third kappa shape index (κ3) is 4.01. The predicted octanol–water partition coefficient (Wildman–Crippen LogP) is 1.43. The van der Waals surface area contributed by atoms with E-state index in [2.05, 4.69) is 20.9 Å². The van der Waals surface area contributed by atoms with Crippen molar-refractivity contribution in [3.63, 3.8) is 0 Å². The highest BCUT2D eigenvalue weighted by Gasteiger charge is 2.30. The highest BCUT2D eigenvalue weighted by Crippen LogP contribution is 2.24. The molecule has 0 radical (unpaired) electrons. The average molecular weight is 383 g/mol. The maximum atomic E-state index is 12.4. The van der Waals surface area contributed by atoms with Crippen molar-refractivity contribution in [2.45, 2.75) is 12.6 Å². The molecule has 0 fully saturated rings. The molecule has 1 aromatic carbocycles. The number of carbonyl (C=O) groups excluding carboxylic acids is 1. The third-order valence-electron chi connectivity index (χ3n) is 3.43. The Balaban J connectivity index is 2.19. The van der Waals surface area contributed by atoms with Gasteiger partial charge in [0.05, 0.1) is 18.7 Å². The predicted molar refractivity (Wildman–Crippen MR) is 85.5 cm³/mol. The number of halogens is 1. The van der Waals surface area contributed by atoms with Gasteiger partial charge in [0.1, 0.15) is 12.0 Å². The molecule has 1 aromatic heterocycles. The molecule has 0 amide bonds. The fourth-order valence-corrected chi connectivity index (χ4v) is 2.70. The Morgan fingerprint density at radius 3 is 2.61 bits per heavy atom. The highest BCUT2D eigenvalue weighted by molar-refractivity contribution is 9.10. The molecule has 0 aliphatic heterocycles. The van der Waals surface area contributed by atoms with E-state index >= 15 is 0 Å². The van der Waals surface area contributed by atoms with Crippen LogP contribution in [-0.4, -0.2) is 32.0 Å². The number of hydrogen-bond donors (Lipinski definition) is 2. The van der Waals surface area contributed by atoms with Crippen molar-refractivity contribution in [2.75, 3.05) is 6.61 Å². The number of aliphatic hydroxyl groups is 1. The van der Waals surface area contributed by atoms with E-state index in [0.29, 0.717) is 0 Å². The van der Waals surface area contributed by atoms with Crippen molar-refractivity contribution in [3.8, 4) is 0 Å². The topological polar surface area (TPSA) is 124 Å². The normalized spacial score (nSPS) is 13.5. The summed E-state index contributed by atoms with van der Waals surface area (Å²) in [5.41, 5.74) is 6.81. The van der Waals surface area contributed by atoms with E-state index in [1.165, 1.54) is 4.57 Å². The van der Waals surface area contributed by atoms with Gasteiger partial charge in [-0.05, 0) is 15.5 Å². The van der Waals surface area contributed by atoms with E-state index in [4.69, 9.17) is 5.73 Å². The number of Topliss-reactive ketones (excluding diaryl/α,β-unsaturated/α-hetero) is 1. The van der Waals surface area contributed by atoms with Gasteiger partial charge in [0.15, 0.2) is 0 Å². The Morgan fingerprint density at radius 2 is 2.09 bits per heavy atom. The zero-order valence-corrected chi connectivity index (χ0v) is 13.6. The van der Waals surface area contributed by atoms with Crippen LogP contribution in [0.3, 0.4) is 0 Å². The van der Waals surface area contributed by atoms with Crippen LogP contribution >= 0.6 is 15.9 Å². The van der Waals surface area contributed by atoms with Gasteiger partial charge in [0, 0.05) is 22.4 Å². The molecule has 0 spiro atoms. The summed E-state index contributed by atoms with van der Waals surface area (Å²) in [6, 6.07) is 9.06. The van der Waals surface area contributed by atoms with Gasteiger partial charge in [0.25, 0.3) is 4.73 Å². The first kappa shape index (κ1) is 17.3. The van der Waals surface area contributed by atoms with Gasteiger partial charge in [-0.2, -0.15) is 0 Å². The average Bonchev–Trinajstić information content (AvgIpc) is 2.91. The second kappa shape index (κ2) is 7.44. The van der Waals surface area contributed by atoms with Gasteiger partial charge in [-0.25, -0.2) is 0 Å². The van der Waals surface area contributed by atoms with Crippen molar-refractivity contribution in [1.29, 1.82) is 0 Å². The summed E-state index contributed by atoms with van der Waals surface area (Å²) in [6.07, 6.45) is 0.285. The molecule has 9 heteroatoms. The summed E-state index contributed by atoms with van der Waals surface area (Å²) >= 11 is 3.07. The molecular formula is C14H15BrN4O4. The van der Waals surface area contributed by atoms with E-state index in [0.717, 1.165) is 11.8 Å². The molecule has 2 rings (SSSR count). The number of ketones is 1. The quantitative estimate of drug-likeness (QED) is 0.551. The first-order valence-electron chi connectivity index (χ1n) is 6.76. The number of nitrogens with zero attached hydrogens (tertiary/aromatic N) is 3. The highest BCUT2D eigenvalue weighted by atomic mass is 79.9. The Kier molecular flexibility index (Phi) is 5.59. The number of aromatic nitrogens is 2.